The van der Waals surface area contributed by atoms with Gasteiger partial charge in [0.05, 0.1) is 6.61 Å². The summed E-state index contributed by atoms with van der Waals surface area (Å²) in [7, 11) is 0. The first-order chi connectivity index (χ1) is 13.1. The van der Waals surface area contributed by atoms with Crippen molar-refractivity contribution >= 4 is 24.1 Å². The van der Waals surface area contributed by atoms with Gasteiger partial charge in [-0.1, -0.05) is 37.6 Å². The van der Waals surface area contributed by atoms with Gasteiger partial charge in [0.25, 0.3) is 0 Å². The monoisotopic (exact) mass is 391 g/mol. The summed E-state index contributed by atoms with van der Waals surface area (Å²) in [5.41, 5.74) is 0.613. The van der Waals surface area contributed by atoms with Gasteiger partial charge in [-0.25, -0.2) is 14.4 Å². The van der Waals surface area contributed by atoms with Crippen molar-refractivity contribution in [3.63, 3.8) is 0 Å². The zero-order chi connectivity index (χ0) is 21.2. The van der Waals surface area contributed by atoms with Crippen LogP contribution in [-0.2, 0) is 25.5 Å². The first-order valence-electron chi connectivity index (χ1n) is 9.27. The molecule has 0 saturated carbocycles. The van der Waals surface area contributed by atoms with Gasteiger partial charge in [-0.15, -0.1) is 0 Å². The lowest BCUT2D eigenvalue weighted by atomic mass is 10.00. The van der Waals surface area contributed by atoms with Crippen LogP contribution in [0.3, 0.4) is 0 Å². The number of nitrogens with one attached hydrogen (secondary N) is 1. The maximum atomic E-state index is 11.9. The summed E-state index contributed by atoms with van der Waals surface area (Å²) in [5, 5.41) is 11.8. The highest BCUT2D eigenvalue weighted by Crippen LogP contribution is 2.14. The van der Waals surface area contributed by atoms with Crippen molar-refractivity contribution in [1.82, 2.24) is 5.32 Å². The third kappa shape index (κ3) is 9.21. The molecule has 0 aliphatic rings. The van der Waals surface area contributed by atoms with Crippen molar-refractivity contribution in [2.24, 2.45) is 0 Å². The minimum atomic E-state index is -1.18. The molecule has 154 valence electrons. The third-order valence-electron chi connectivity index (χ3n) is 3.61. The molecule has 1 rings (SSSR count). The fourth-order valence-electron chi connectivity index (χ4n) is 2.28. The standard InChI is InChI=1S/C21H29NO6/c1-5-6-13-27-18(23)12-11-15-9-7-8-10-16(15)14-17(19(24)25)22-20(26)28-21(2,3)4/h7-12,17H,5-6,13-14H2,1-4H3,(H,22,26)(H,24,25)/b12-11+/t17-/m1/s1. The maximum Gasteiger partial charge on any atom is 0.408 e. The van der Waals surface area contributed by atoms with Gasteiger partial charge in [0, 0.05) is 12.5 Å². The summed E-state index contributed by atoms with van der Waals surface area (Å²) >= 11 is 0. The molecule has 1 atom stereocenters. The highest BCUT2D eigenvalue weighted by atomic mass is 16.6. The molecule has 2 N–H and O–H groups in total. The lowest BCUT2D eigenvalue weighted by Crippen LogP contribution is -2.44. The molecule has 1 amide bonds. The van der Waals surface area contributed by atoms with Crippen LogP contribution in [0.2, 0.25) is 0 Å². The molecule has 7 heteroatoms. The molecule has 0 aromatic heterocycles. The van der Waals surface area contributed by atoms with E-state index in [-0.39, 0.29) is 6.42 Å². The Morgan fingerprint density at radius 1 is 1.21 bits per heavy atom. The third-order valence-corrected chi connectivity index (χ3v) is 3.61. The number of rotatable bonds is 9. The predicted octanol–water partition coefficient (Wildman–Crippen LogP) is 3.56. The molecule has 1 aromatic carbocycles. The predicted molar refractivity (Wildman–Crippen MR) is 106 cm³/mol. The summed E-state index contributed by atoms with van der Waals surface area (Å²) in [6.07, 6.45) is 3.86. The van der Waals surface area contributed by atoms with Crippen molar-refractivity contribution in [3.05, 3.63) is 41.5 Å². The number of carboxylic acids is 1. The van der Waals surface area contributed by atoms with E-state index in [1.54, 1.807) is 51.1 Å². The second-order valence-corrected chi connectivity index (χ2v) is 7.29. The van der Waals surface area contributed by atoms with Crippen LogP contribution in [0, 0.1) is 0 Å². The largest absolute Gasteiger partial charge is 0.480 e. The molecule has 0 spiro atoms. The van der Waals surface area contributed by atoms with Crippen LogP contribution in [0.1, 0.15) is 51.7 Å². The van der Waals surface area contributed by atoms with E-state index in [1.807, 2.05) is 6.92 Å². The van der Waals surface area contributed by atoms with Gasteiger partial charge in [0.15, 0.2) is 0 Å². The summed E-state index contributed by atoms with van der Waals surface area (Å²) in [6, 6.07) is 5.88. The number of hydrogen-bond acceptors (Lipinski definition) is 5. The molecule has 0 bridgehead atoms. The number of carbonyl (C=O) groups excluding carboxylic acids is 2. The lowest BCUT2D eigenvalue weighted by Gasteiger charge is -2.22. The molecule has 0 aliphatic carbocycles. The quantitative estimate of drug-likeness (QED) is 0.379. The number of aliphatic carboxylic acids is 1. The van der Waals surface area contributed by atoms with Crippen molar-refractivity contribution < 1.29 is 29.0 Å². The molecule has 0 unspecified atom stereocenters. The average Bonchev–Trinajstić information content (AvgIpc) is 2.59. The second kappa shape index (κ2) is 11.1. The summed E-state index contributed by atoms with van der Waals surface area (Å²) in [5.74, 6) is -1.63. The molecular formula is C21H29NO6. The molecule has 0 saturated heterocycles. The van der Waals surface area contributed by atoms with E-state index in [9.17, 15) is 19.5 Å². The Hall–Kier alpha value is -2.83. The molecule has 28 heavy (non-hydrogen) atoms. The van der Waals surface area contributed by atoms with Crippen LogP contribution in [0.5, 0.6) is 0 Å². The number of unbranched alkanes of at least 4 members (excludes halogenated alkanes) is 1. The van der Waals surface area contributed by atoms with Crippen molar-refractivity contribution in [1.29, 1.82) is 0 Å². The Morgan fingerprint density at radius 3 is 2.50 bits per heavy atom. The Bertz CT molecular complexity index is 705. The molecular weight excluding hydrogens is 362 g/mol. The van der Waals surface area contributed by atoms with Gasteiger partial charge >= 0.3 is 18.0 Å². The topological polar surface area (TPSA) is 102 Å². The van der Waals surface area contributed by atoms with Crippen LogP contribution in [-0.4, -0.2) is 41.4 Å². The normalized spacial score (nSPS) is 12.4. The zero-order valence-electron chi connectivity index (χ0n) is 16.9. The molecule has 0 fully saturated rings. The van der Waals surface area contributed by atoms with Crippen LogP contribution in [0.25, 0.3) is 6.08 Å². The molecule has 0 aliphatic heterocycles. The number of benzene rings is 1. The van der Waals surface area contributed by atoms with Gasteiger partial charge in [0.2, 0.25) is 0 Å². The van der Waals surface area contributed by atoms with Crippen LogP contribution >= 0.6 is 0 Å². The van der Waals surface area contributed by atoms with Gasteiger partial charge < -0.3 is 19.9 Å². The van der Waals surface area contributed by atoms with E-state index in [1.165, 1.54) is 6.08 Å². The minimum absolute atomic E-state index is 0.0416. The van der Waals surface area contributed by atoms with E-state index in [2.05, 4.69) is 5.32 Å². The van der Waals surface area contributed by atoms with Crippen LogP contribution in [0.4, 0.5) is 4.79 Å². The fraction of sp³-hybridized carbons (Fsp3) is 0.476. The summed E-state index contributed by atoms with van der Waals surface area (Å²) in [4.78, 5) is 35.2. The van der Waals surface area contributed by atoms with Crippen LogP contribution in [0.15, 0.2) is 30.3 Å². The lowest BCUT2D eigenvalue weighted by molar-refractivity contribution is -0.139. The van der Waals surface area contributed by atoms with E-state index in [4.69, 9.17) is 9.47 Å². The number of carboxylic acid groups (broad SMARTS) is 1. The van der Waals surface area contributed by atoms with Crippen molar-refractivity contribution in [2.75, 3.05) is 6.61 Å². The van der Waals surface area contributed by atoms with E-state index >= 15 is 0 Å². The van der Waals surface area contributed by atoms with Gasteiger partial charge in [-0.05, 0) is 44.4 Å². The van der Waals surface area contributed by atoms with Crippen LogP contribution < -0.4 is 5.32 Å². The zero-order valence-corrected chi connectivity index (χ0v) is 16.9. The van der Waals surface area contributed by atoms with Crippen molar-refractivity contribution in [2.45, 2.75) is 58.6 Å². The number of alkyl carbamates (subject to hydrolysis) is 1. The SMILES string of the molecule is CCCCOC(=O)/C=C/c1ccccc1C[C@@H](NC(=O)OC(C)(C)C)C(=O)O. The van der Waals surface area contributed by atoms with E-state index in [0.717, 1.165) is 12.8 Å². The molecule has 1 aromatic rings. The fourth-order valence-corrected chi connectivity index (χ4v) is 2.28. The Labute approximate surface area is 165 Å². The maximum absolute atomic E-state index is 11.9. The van der Waals surface area contributed by atoms with E-state index < -0.39 is 29.7 Å². The Kier molecular flexibility index (Phi) is 9.21. The molecule has 0 radical (unpaired) electrons. The number of amides is 1. The molecule has 0 heterocycles. The number of carbonyl (C=O) groups is 3. The number of esters is 1. The highest BCUT2D eigenvalue weighted by Gasteiger charge is 2.24. The highest BCUT2D eigenvalue weighted by molar-refractivity contribution is 5.87. The number of hydrogen-bond donors (Lipinski definition) is 2. The van der Waals surface area contributed by atoms with Gasteiger partial charge in [-0.2, -0.15) is 0 Å². The smallest absolute Gasteiger partial charge is 0.408 e. The average molecular weight is 391 g/mol. The number of ether oxygens (including phenoxy) is 2. The summed E-state index contributed by atoms with van der Waals surface area (Å²) in [6.45, 7) is 7.46. The second-order valence-electron chi connectivity index (χ2n) is 7.29. The minimum Gasteiger partial charge on any atom is -0.480 e. The Balaban J connectivity index is 2.84. The van der Waals surface area contributed by atoms with E-state index in [0.29, 0.717) is 17.7 Å². The summed E-state index contributed by atoms with van der Waals surface area (Å²) < 4.78 is 10.2. The first kappa shape index (κ1) is 23.2. The Morgan fingerprint density at radius 2 is 1.89 bits per heavy atom. The first-order valence-corrected chi connectivity index (χ1v) is 9.27. The van der Waals surface area contributed by atoms with Gasteiger partial charge in [-0.3, -0.25) is 0 Å². The van der Waals surface area contributed by atoms with Crippen molar-refractivity contribution in [3.8, 4) is 0 Å². The molecule has 7 nitrogen and oxygen atoms in total. The van der Waals surface area contributed by atoms with Gasteiger partial charge in [0.1, 0.15) is 11.6 Å².